The molecule has 11 heteroatoms. The Kier molecular flexibility index (Phi) is 8.61. The van der Waals surface area contributed by atoms with E-state index in [0.29, 0.717) is 50.7 Å². The van der Waals surface area contributed by atoms with Crippen molar-refractivity contribution in [2.45, 2.75) is 41.2 Å². The van der Waals surface area contributed by atoms with Gasteiger partial charge in [-0.3, -0.25) is 19.0 Å². The third-order valence-electron chi connectivity index (χ3n) is 6.42. The molecule has 39 heavy (non-hydrogen) atoms. The van der Waals surface area contributed by atoms with E-state index in [-0.39, 0.29) is 28.6 Å². The smallest absolute Gasteiger partial charge is 0.341 e. The number of fused-ring (bicyclic) bond motifs is 1. The number of hydrogen-bond acceptors (Lipinski definition) is 8. The molecule has 0 saturated heterocycles. The molecular weight excluding hydrogens is 536 g/mol. The van der Waals surface area contributed by atoms with Gasteiger partial charge in [-0.05, 0) is 51.3 Å². The van der Waals surface area contributed by atoms with Crippen LogP contribution in [0, 0.1) is 13.8 Å². The molecule has 0 radical (unpaired) electrons. The summed E-state index contributed by atoms with van der Waals surface area (Å²) >= 11 is 2.16. The molecule has 1 N–H and O–H groups in total. The van der Waals surface area contributed by atoms with Crippen molar-refractivity contribution in [2.75, 3.05) is 25.0 Å². The lowest BCUT2D eigenvalue weighted by molar-refractivity contribution is 0.0527. The van der Waals surface area contributed by atoms with Gasteiger partial charge in [0, 0.05) is 13.1 Å². The van der Waals surface area contributed by atoms with Crippen LogP contribution < -0.4 is 10.9 Å². The lowest BCUT2D eigenvalue weighted by atomic mass is 10.1. The molecule has 0 aliphatic carbocycles. The molecule has 0 saturated carbocycles. The number of esters is 1. The number of aromatic nitrogens is 2. The van der Waals surface area contributed by atoms with Crippen molar-refractivity contribution < 1.29 is 19.1 Å². The quantitative estimate of drug-likeness (QED) is 0.283. The second-order valence-corrected chi connectivity index (χ2v) is 10.8. The number of nitrogens with zero attached hydrogens (tertiary/aromatic N) is 3. The fourth-order valence-electron chi connectivity index (χ4n) is 4.34. The number of nitrogens with one attached hydrogen (secondary N) is 1. The molecule has 4 aromatic rings. The Labute approximate surface area is 234 Å². The first-order chi connectivity index (χ1) is 18.7. The molecule has 4 rings (SSSR count). The summed E-state index contributed by atoms with van der Waals surface area (Å²) < 4.78 is 6.75. The maximum atomic E-state index is 13.5. The predicted molar refractivity (Wildman–Crippen MR) is 154 cm³/mol. The Morgan fingerprint density at radius 2 is 1.69 bits per heavy atom. The number of benzene rings is 1. The average Bonchev–Trinajstić information content (AvgIpc) is 3.43. The van der Waals surface area contributed by atoms with Gasteiger partial charge in [-0.25, -0.2) is 9.78 Å². The number of hydrogen-bond donors (Lipinski definition) is 1. The SMILES string of the molecule is CCOC(=O)c1c(NC(=O)c2sc3ncn(Cc4ccccc4)c(=O)c3c2C)sc(C(=O)N(CC)CC)c1C. The zero-order valence-corrected chi connectivity index (χ0v) is 24.1. The lowest BCUT2D eigenvalue weighted by Gasteiger charge is -2.18. The average molecular weight is 567 g/mol. The number of anilines is 1. The normalized spacial score (nSPS) is 11.0. The molecule has 2 amide bonds. The summed E-state index contributed by atoms with van der Waals surface area (Å²) in [6.45, 7) is 10.4. The van der Waals surface area contributed by atoms with Crippen LogP contribution in [0.15, 0.2) is 41.5 Å². The molecule has 1 aromatic carbocycles. The maximum Gasteiger partial charge on any atom is 0.341 e. The molecule has 0 aliphatic rings. The van der Waals surface area contributed by atoms with Crippen LogP contribution in [0.5, 0.6) is 0 Å². The van der Waals surface area contributed by atoms with E-state index in [4.69, 9.17) is 4.74 Å². The molecule has 0 bridgehead atoms. The minimum Gasteiger partial charge on any atom is -0.462 e. The van der Waals surface area contributed by atoms with E-state index in [1.165, 1.54) is 10.9 Å². The summed E-state index contributed by atoms with van der Waals surface area (Å²) in [5, 5.41) is 3.43. The van der Waals surface area contributed by atoms with Crippen LogP contribution in [-0.4, -0.2) is 51.9 Å². The van der Waals surface area contributed by atoms with Crippen LogP contribution in [0.4, 0.5) is 5.00 Å². The first-order valence-corrected chi connectivity index (χ1v) is 14.3. The van der Waals surface area contributed by atoms with Gasteiger partial charge in [0.05, 0.1) is 40.2 Å². The summed E-state index contributed by atoms with van der Waals surface area (Å²) in [6.07, 6.45) is 1.49. The highest BCUT2D eigenvalue weighted by molar-refractivity contribution is 7.21. The molecule has 9 nitrogen and oxygen atoms in total. The second-order valence-electron chi connectivity index (χ2n) is 8.81. The number of carbonyl (C=O) groups is 3. The Balaban J connectivity index is 1.71. The second kappa shape index (κ2) is 11.9. The van der Waals surface area contributed by atoms with E-state index in [2.05, 4.69) is 10.3 Å². The number of rotatable bonds is 9. The number of ether oxygens (including phenoxy) is 1. The van der Waals surface area contributed by atoms with E-state index >= 15 is 0 Å². The third kappa shape index (κ3) is 5.50. The van der Waals surface area contributed by atoms with E-state index < -0.39 is 11.9 Å². The third-order valence-corrected chi connectivity index (χ3v) is 8.81. The lowest BCUT2D eigenvalue weighted by Crippen LogP contribution is -2.30. The van der Waals surface area contributed by atoms with Gasteiger partial charge in [0.2, 0.25) is 0 Å². The van der Waals surface area contributed by atoms with E-state index in [9.17, 15) is 19.2 Å². The Bertz CT molecular complexity index is 1600. The molecular formula is C28H30N4O5S2. The molecule has 0 fully saturated rings. The number of carbonyl (C=O) groups excluding carboxylic acids is 3. The fraction of sp³-hybridized carbons (Fsp3) is 0.321. The Hall–Kier alpha value is -3.83. The van der Waals surface area contributed by atoms with Crippen molar-refractivity contribution in [1.29, 1.82) is 0 Å². The van der Waals surface area contributed by atoms with Gasteiger partial charge in [-0.1, -0.05) is 30.3 Å². The van der Waals surface area contributed by atoms with Gasteiger partial charge in [0.15, 0.2) is 0 Å². The van der Waals surface area contributed by atoms with Crippen molar-refractivity contribution >= 4 is 55.7 Å². The minimum atomic E-state index is -0.612. The monoisotopic (exact) mass is 566 g/mol. The Morgan fingerprint density at radius 3 is 2.33 bits per heavy atom. The van der Waals surface area contributed by atoms with Gasteiger partial charge < -0.3 is 15.0 Å². The molecule has 0 atom stereocenters. The van der Waals surface area contributed by atoms with Gasteiger partial charge in [0.1, 0.15) is 9.83 Å². The summed E-state index contributed by atoms with van der Waals surface area (Å²) in [5.41, 5.74) is 1.86. The standard InChI is InChI=1S/C28H30N4O5S2/c1-6-31(7-2)27(35)22-17(5)20(28(36)37-8-3)25(39-22)30-23(33)21-16(4)19-24(38-21)29-15-32(26(19)34)14-18-12-10-9-11-13-18/h9-13,15H,6-8,14H2,1-5H3,(H,30,33). The van der Waals surface area contributed by atoms with Gasteiger partial charge in [0.25, 0.3) is 17.4 Å². The summed E-state index contributed by atoms with van der Waals surface area (Å²) in [4.78, 5) is 60.0. The highest BCUT2D eigenvalue weighted by Gasteiger charge is 2.29. The first kappa shape index (κ1) is 28.2. The zero-order chi connectivity index (χ0) is 28.3. The topological polar surface area (TPSA) is 111 Å². The molecule has 204 valence electrons. The van der Waals surface area contributed by atoms with Crippen molar-refractivity contribution in [3.05, 3.63) is 79.0 Å². The van der Waals surface area contributed by atoms with E-state index in [0.717, 1.165) is 28.2 Å². The van der Waals surface area contributed by atoms with Crippen molar-refractivity contribution in [3.63, 3.8) is 0 Å². The number of amides is 2. The van der Waals surface area contributed by atoms with Crippen molar-refractivity contribution in [2.24, 2.45) is 0 Å². The molecule has 3 heterocycles. The molecule has 0 unspecified atom stereocenters. The van der Waals surface area contributed by atoms with E-state index in [1.54, 1.807) is 25.7 Å². The van der Waals surface area contributed by atoms with Crippen LogP contribution in [0.2, 0.25) is 0 Å². The van der Waals surface area contributed by atoms with Crippen molar-refractivity contribution in [3.8, 4) is 0 Å². The van der Waals surface area contributed by atoms with Gasteiger partial charge >= 0.3 is 5.97 Å². The summed E-state index contributed by atoms with van der Waals surface area (Å²) in [6, 6.07) is 9.58. The van der Waals surface area contributed by atoms with Crippen molar-refractivity contribution in [1.82, 2.24) is 14.5 Å². The molecule has 3 aromatic heterocycles. The molecule has 0 spiro atoms. The Morgan fingerprint density at radius 1 is 1.00 bits per heavy atom. The molecule has 0 aliphatic heterocycles. The summed E-state index contributed by atoms with van der Waals surface area (Å²) in [7, 11) is 0. The van der Waals surface area contributed by atoms with Crippen LogP contribution >= 0.6 is 22.7 Å². The highest BCUT2D eigenvalue weighted by atomic mass is 32.1. The zero-order valence-electron chi connectivity index (χ0n) is 22.5. The number of thiophene rings is 2. The van der Waals surface area contributed by atoms with Gasteiger partial charge in [-0.2, -0.15) is 0 Å². The largest absolute Gasteiger partial charge is 0.462 e. The van der Waals surface area contributed by atoms with E-state index in [1.807, 2.05) is 44.2 Å². The fourth-order valence-corrected chi connectivity index (χ4v) is 6.53. The predicted octanol–water partition coefficient (Wildman–Crippen LogP) is 5.10. The van der Waals surface area contributed by atoms with Crippen LogP contribution in [0.1, 0.15) is 67.2 Å². The van der Waals surface area contributed by atoms with Crippen LogP contribution in [0.25, 0.3) is 10.2 Å². The summed E-state index contributed by atoms with van der Waals surface area (Å²) in [5.74, 6) is -1.31. The van der Waals surface area contributed by atoms with Crippen LogP contribution in [-0.2, 0) is 11.3 Å². The minimum absolute atomic E-state index is 0.150. The first-order valence-electron chi connectivity index (χ1n) is 12.6. The maximum absolute atomic E-state index is 13.5. The van der Waals surface area contributed by atoms with Crippen LogP contribution in [0.3, 0.4) is 0 Å². The van der Waals surface area contributed by atoms with Gasteiger partial charge in [-0.15, -0.1) is 22.7 Å². The highest BCUT2D eigenvalue weighted by Crippen LogP contribution is 2.36. The number of aryl methyl sites for hydroxylation is 1.